The number of carboxylic acids is 1. The van der Waals surface area contributed by atoms with Gasteiger partial charge in [0.05, 0.1) is 18.4 Å². The molecule has 0 aromatic carbocycles. The van der Waals surface area contributed by atoms with Crippen LogP contribution in [-0.4, -0.2) is 40.9 Å². The van der Waals surface area contributed by atoms with E-state index in [2.05, 4.69) is 0 Å². The Morgan fingerprint density at radius 1 is 1.41 bits per heavy atom. The van der Waals surface area contributed by atoms with Crippen LogP contribution in [-0.2, 0) is 9.59 Å². The molecule has 1 amide bonds. The Balaban J connectivity index is 2.72. The van der Waals surface area contributed by atoms with Gasteiger partial charge < -0.3 is 10.0 Å². The van der Waals surface area contributed by atoms with Crippen molar-refractivity contribution in [1.29, 1.82) is 0 Å². The van der Waals surface area contributed by atoms with Crippen LogP contribution >= 0.6 is 0 Å². The first-order valence-electron chi connectivity index (χ1n) is 5.53. The summed E-state index contributed by atoms with van der Waals surface area (Å²) in [6, 6.07) is 0. The van der Waals surface area contributed by atoms with Crippen LogP contribution in [0.3, 0.4) is 0 Å². The van der Waals surface area contributed by atoms with Gasteiger partial charge in [0, 0.05) is 13.0 Å². The molecule has 1 N–H and O–H groups in total. The maximum atomic E-state index is 13.2. The lowest BCUT2D eigenvalue weighted by molar-refractivity contribution is -0.155. The molecule has 6 heteroatoms. The van der Waals surface area contributed by atoms with E-state index in [0.717, 1.165) is 4.90 Å². The first-order valence-corrected chi connectivity index (χ1v) is 5.53. The summed E-state index contributed by atoms with van der Waals surface area (Å²) in [6.45, 7) is 2.61. The first-order chi connectivity index (χ1) is 7.64. The summed E-state index contributed by atoms with van der Waals surface area (Å²) < 4.78 is 26.3. The summed E-state index contributed by atoms with van der Waals surface area (Å²) in [6.07, 6.45) is -0.314. The van der Waals surface area contributed by atoms with Gasteiger partial charge in [-0.3, -0.25) is 9.59 Å². The first kappa shape index (κ1) is 13.9. The van der Waals surface area contributed by atoms with Crippen LogP contribution in [0, 0.1) is 5.41 Å². The summed E-state index contributed by atoms with van der Waals surface area (Å²) in [4.78, 5) is 23.7. The fourth-order valence-corrected chi connectivity index (χ4v) is 2.02. The predicted octanol–water partition coefficient (Wildman–Crippen LogP) is 1.74. The number of alkyl halides is 2. The third-order valence-corrected chi connectivity index (χ3v) is 2.85. The third kappa shape index (κ3) is 3.64. The van der Waals surface area contributed by atoms with Crippen molar-refractivity contribution in [3.8, 4) is 0 Å². The second kappa shape index (κ2) is 4.58. The topological polar surface area (TPSA) is 57.6 Å². The molecule has 98 valence electrons. The van der Waals surface area contributed by atoms with Gasteiger partial charge in [-0.1, -0.05) is 13.8 Å². The number of carboxylic acid groups (broad SMARTS) is 1. The highest BCUT2D eigenvalue weighted by molar-refractivity contribution is 5.86. The van der Waals surface area contributed by atoms with Gasteiger partial charge in [0.2, 0.25) is 5.91 Å². The number of nitrogens with zero attached hydrogens (tertiary/aromatic N) is 1. The van der Waals surface area contributed by atoms with Crippen LogP contribution < -0.4 is 0 Å². The molecule has 0 aliphatic carbocycles. The second-order valence-electron chi connectivity index (χ2n) is 5.14. The number of halogens is 2. The van der Waals surface area contributed by atoms with Gasteiger partial charge in [0.15, 0.2) is 0 Å². The number of piperidine rings is 1. The Morgan fingerprint density at radius 2 is 2.00 bits per heavy atom. The highest BCUT2D eigenvalue weighted by Gasteiger charge is 2.41. The van der Waals surface area contributed by atoms with E-state index in [1.54, 1.807) is 0 Å². The summed E-state index contributed by atoms with van der Waals surface area (Å²) in [5.41, 5.74) is -1.14. The van der Waals surface area contributed by atoms with Gasteiger partial charge in [0.1, 0.15) is 0 Å². The third-order valence-electron chi connectivity index (χ3n) is 2.85. The molecule has 0 spiro atoms. The molecular weight excluding hydrogens is 232 g/mol. The number of hydrogen-bond donors (Lipinski definition) is 1. The molecule has 1 aliphatic rings. The van der Waals surface area contributed by atoms with Crippen LogP contribution in [0.2, 0.25) is 0 Å². The fourth-order valence-electron chi connectivity index (χ4n) is 2.02. The molecule has 0 radical (unpaired) electrons. The number of carbonyl (C=O) groups is 2. The van der Waals surface area contributed by atoms with E-state index in [1.807, 2.05) is 0 Å². The van der Waals surface area contributed by atoms with E-state index in [-0.39, 0.29) is 25.8 Å². The molecule has 0 atom stereocenters. The predicted molar refractivity (Wildman–Crippen MR) is 56.8 cm³/mol. The standard InChI is InChI=1S/C11H17F2NO3/c1-10(2,6-8(15)16)9(17)14-5-3-4-11(12,13)7-14/h3-7H2,1-2H3,(H,15,16). The van der Waals surface area contributed by atoms with Gasteiger partial charge in [-0.05, 0) is 6.42 Å². The van der Waals surface area contributed by atoms with Gasteiger partial charge >= 0.3 is 5.97 Å². The molecule has 1 heterocycles. The minimum absolute atomic E-state index is 0.212. The average molecular weight is 249 g/mol. The van der Waals surface area contributed by atoms with Gasteiger partial charge in [-0.25, -0.2) is 8.78 Å². The highest BCUT2D eigenvalue weighted by Crippen LogP contribution is 2.31. The molecule has 0 bridgehead atoms. The lowest BCUT2D eigenvalue weighted by Crippen LogP contribution is -2.50. The van der Waals surface area contributed by atoms with Crippen molar-refractivity contribution in [3.63, 3.8) is 0 Å². The van der Waals surface area contributed by atoms with E-state index in [1.165, 1.54) is 13.8 Å². The van der Waals surface area contributed by atoms with Crippen LogP contribution in [0.1, 0.15) is 33.1 Å². The van der Waals surface area contributed by atoms with Crippen molar-refractivity contribution in [2.75, 3.05) is 13.1 Å². The fraction of sp³-hybridized carbons (Fsp3) is 0.818. The average Bonchev–Trinajstić information content (AvgIpc) is 2.12. The van der Waals surface area contributed by atoms with E-state index in [0.29, 0.717) is 0 Å². The molecule has 17 heavy (non-hydrogen) atoms. The Kier molecular flexibility index (Phi) is 3.74. The summed E-state index contributed by atoms with van der Waals surface area (Å²) in [5.74, 6) is -4.47. The van der Waals surface area contributed by atoms with E-state index in [4.69, 9.17) is 5.11 Å². The zero-order valence-corrected chi connectivity index (χ0v) is 10.0. The number of aliphatic carboxylic acids is 1. The molecule has 1 rings (SSSR count). The number of amides is 1. The van der Waals surface area contributed by atoms with Crippen LogP contribution in [0.4, 0.5) is 8.78 Å². The Labute approximate surface area is 98.6 Å². The van der Waals surface area contributed by atoms with Crippen molar-refractivity contribution in [2.45, 2.75) is 39.0 Å². The minimum atomic E-state index is -2.85. The molecular formula is C11H17F2NO3. The molecule has 0 unspecified atom stereocenters. The van der Waals surface area contributed by atoms with Crippen molar-refractivity contribution >= 4 is 11.9 Å². The van der Waals surface area contributed by atoms with Crippen LogP contribution in [0.5, 0.6) is 0 Å². The van der Waals surface area contributed by atoms with Crippen molar-refractivity contribution in [3.05, 3.63) is 0 Å². The van der Waals surface area contributed by atoms with Crippen LogP contribution in [0.15, 0.2) is 0 Å². The Hall–Kier alpha value is -1.20. The Morgan fingerprint density at radius 3 is 2.47 bits per heavy atom. The van der Waals surface area contributed by atoms with Gasteiger partial charge in [0.25, 0.3) is 5.92 Å². The molecule has 4 nitrogen and oxygen atoms in total. The number of hydrogen-bond acceptors (Lipinski definition) is 2. The molecule has 1 aliphatic heterocycles. The normalized spacial score (nSPS) is 20.1. The van der Waals surface area contributed by atoms with Crippen molar-refractivity contribution in [2.24, 2.45) is 5.41 Å². The summed E-state index contributed by atoms with van der Waals surface area (Å²) >= 11 is 0. The lowest BCUT2D eigenvalue weighted by Gasteiger charge is -2.36. The summed E-state index contributed by atoms with van der Waals surface area (Å²) in [7, 11) is 0. The maximum Gasteiger partial charge on any atom is 0.304 e. The number of likely N-dealkylation sites (tertiary alicyclic amines) is 1. The van der Waals surface area contributed by atoms with Crippen molar-refractivity contribution in [1.82, 2.24) is 4.90 Å². The zero-order valence-electron chi connectivity index (χ0n) is 10.0. The molecule has 1 fully saturated rings. The quantitative estimate of drug-likeness (QED) is 0.829. The number of rotatable bonds is 3. The van der Waals surface area contributed by atoms with Crippen LogP contribution in [0.25, 0.3) is 0 Å². The van der Waals surface area contributed by atoms with Crippen molar-refractivity contribution < 1.29 is 23.5 Å². The second-order valence-corrected chi connectivity index (χ2v) is 5.14. The lowest BCUT2D eigenvalue weighted by atomic mass is 9.87. The largest absolute Gasteiger partial charge is 0.481 e. The zero-order chi connectivity index (χ0) is 13.3. The van der Waals surface area contributed by atoms with E-state index < -0.39 is 29.8 Å². The maximum absolute atomic E-state index is 13.2. The number of carbonyl (C=O) groups excluding carboxylic acids is 1. The monoisotopic (exact) mass is 249 g/mol. The highest BCUT2D eigenvalue weighted by atomic mass is 19.3. The molecule has 0 aromatic rings. The Bertz CT molecular complexity index is 329. The SMILES string of the molecule is CC(C)(CC(=O)O)C(=O)N1CCCC(F)(F)C1. The summed E-state index contributed by atoms with van der Waals surface area (Å²) in [5, 5.41) is 8.68. The van der Waals surface area contributed by atoms with Gasteiger partial charge in [-0.15, -0.1) is 0 Å². The van der Waals surface area contributed by atoms with E-state index in [9.17, 15) is 18.4 Å². The molecule has 1 saturated heterocycles. The smallest absolute Gasteiger partial charge is 0.304 e. The minimum Gasteiger partial charge on any atom is -0.481 e. The molecule has 0 aromatic heterocycles. The van der Waals surface area contributed by atoms with E-state index >= 15 is 0 Å². The molecule has 0 saturated carbocycles. The van der Waals surface area contributed by atoms with Gasteiger partial charge in [-0.2, -0.15) is 0 Å².